The van der Waals surface area contributed by atoms with E-state index in [4.69, 9.17) is 11.6 Å². The monoisotopic (exact) mass is 401 g/mol. The number of halogens is 1. The lowest BCUT2D eigenvalue weighted by Crippen LogP contribution is -2.22. The van der Waals surface area contributed by atoms with Crippen LogP contribution in [0.4, 0.5) is 15.6 Å². The van der Waals surface area contributed by atoms with Crippen LogP contribution in [0.1, 0.15) is 20.9 Å². The quantitative estimate of drug-likeness (QED) is 0.600. The maximum atomic E-state index is 12.4. The number of thiazole rings is 1. The number of pyridine rings is 1. The highest BCUT2D eigenvalue weighted by molar-refractivity contribution is 7.17. The summed E-state index contributed by atoms with van der Waals surface area (Å²) in [7, 11) is 0. The summed E-state index contributed by atoms with van der Waals surface area (Å²) in [6.07, 6.45) is 3.33. The van der Waals surface area contributed by atoms with Crippen LogP contribution in [0.15, 0.2) is 48.8 Å². The predicted octanol–water partition coefficient (Wildman–Crippen LogP) is 4.07. The number of carbonyl (C=O) groups excluding carboxylic acids is 2. The van der Waals surface area contributed by atoms with Gasteiger partial charge in [-0.3, -0.25) is 15.1 Å². The summed E-state index contributed by atoms with van der Waals surface area (Å²) >= 11 is 6.93. The number of hydrogen-bond acceptors (Lipinski definition) is 5. The molecule has 0 saturated heterocycles. The second-order valence-corrected chi connectivity index (χ2v) is 6.99. The summed E-state index contributed by atoms with van der Waals surface area (Å²) in [6.45, 7) is 2.11. The van der Waals surface area contributed by atoms with Gasteiger partial charge in [0.15, 0.2) is 5.13 Å². The van der Waals surface area contributed by atoms with Crippen molar-refractivity contribution in [3.8, 4) is 0 Å². The molecule has 0 radical (unpaired) electrons. The first kappa shape index (κ1) is 18.8. The molecule has 3 N–H and O–H groups in total. The summed E-state index contributed by atoms with van der Waals surface area (Å²) in [4.78, 5) is 33.1. The Morgan fingerprint density at radius 1 is 1.07 bits per heavy atom. The molecule has 7 nitrogen and oxygen atoms in total. The highest BCUT2D eigenvalue weighted by Crippen LogP contribution is 2.23. The van der Waals surface area contributed by atoms with Gasteiger partial charge in [-0.25, -0.2) is 9.78 Å². The van der Waals surface area contributed by atoms with E-state index in [0.29, 0.717) is 33.0 Å². The number of aryl methyl sites for hydroxylation is 1. The van der Waals surface area contributed by atoms with E-state index in [9.17, 15) is 9.59 Å². The molecule has 0 aliphatic heterocycles. The second-order valence-electron chi connectivity index (χ2n) is 5.56. The van der Waals surface area contributed by atoms with Crippen molar-refractivity contribution in [3.05, 3.63) is 69.9 Å². The Bertz CT molecular complexity index is 944. The number of urea groups is 1. The van der Waals surface area contributed by atoms with Crippen molar-refractivity contribution in [2.75, 3.05) is 10.6 Å². The molecule has 138 valence electrons. The molecule has 3 aromatic rings. The molecule has 0 spiro atoms. The van der Waals surface area contributed by atoms with Gasteiger partial charge in [-0.15, -0.1) is 0 Å². The van der Waals surface area contributed by atoms with Crippen LogP contribution in [-0.2, 0) is 6.54 Å². The van der Waals surface area contributed by atoms with Crippen molar-refractivity contribution in [1.82, 2.24) is 15.3 Å². The zero-order valence-electron chi connectivity index (χ0n) is 14.3. The number of anilines is 2. The van der Waals surface area contributed by atoms with Crippen LogP contribution in [0.3, 0.4) is 0 Å². The normalized spacial score (nSPS) is 10.3. The van der Waals surface area contributed by atoms with Crippen LogP contribution in [-0.4, -0.2) is 21.9 Å². The van der Waals surface area contributed by atoms with E-state index < -0.39 is 6.03 Å². The predicted molar refractivity (Wildman–Crippen MR) is 106 cm³/mol. The van der Waals surface area contributed by atoms with Crippen molar-refractivity contribution in [1.29, 1.82) is 0 Å². The molecule has 0 aliphatic carbocycles. The number of amides is 3. The number of carbonyl (C=O) groups is 2. The van der Waals surface area contributed by atoms with Crippen molar-refractivity contribution in [3.63, 3.8) is 0 Å². The van der Waals surface area contributed by atoms with Gasteiger partial charge in [0.1, 0.15) is 4.88 Å². The molecule has 2 heterocycles. The molecule has 0 unspecified atom stereocenters. The molecule has 27 heavy (non-hydrogen) atoms. The highest BCUT2D eigenvalue weighted by atomic mass is 35.5. The minimum atomic E-state index is -0.449. The molecule has 1 aromatic carbocycles. The highest BCUT2D eigenvalue weighted by Gasteiger charge is 2.16. The summed E-state index contributed by atoms with van der Waals surface area (Å²) in [6, 6.07) is 9.93. The summed E-state index contributed by atoms with van der Waals surface area (Å²) in [5.74, 6) is -0.243. The van der Waals surface area contributed by atoms with Gasteiger partial charge in [0.25, 0.3) is 5.91 Å². The first-order valence-electron chi connectivity index (χ1n) is 7.99. The zero-order chi connectivity index (χ0) is 19.2. The summed E-state index contributed by atoms with van der Waals surface area (Å²) in [5, 5.41) is 9.06. The standard InChI is InChI=1S/C18H16ClN5O2S/c1-11-15(16(25)21-10-12-6-8-20-9-7-12)27-18(22-11)24-17(26)23-14-4-2-13(19)3-5-14/h2-9H,10H2,1H3,(H,21,25)(H2,22,23,24,26). The van der Waals surface area contributed by atoms with Gasteiger partial charge >= 0.3 is 6.03 Å². The Morgan fingerprint density at radius 2 is 1.78 bits per heavy atom. The van der Waals surface area contributed by atoms with Gasteiger partial charge in [-0.1, -0.05) is 22.9 Å². The third-order valence-corrected chi connectivity index (χ3v) is 4.85. The first-order valence-corrected chi connectivity index (χ1v) is 9.19. The van der Waals surface area contributed by atoms with Crippen molar-refractivity contribution in [2.24, 2.45) is 0 Å². The van der Waals surface area contributed by atoms with E-state index in [-0.39, 0.29) is 5.91 Å². The minimum Gasteiger partial charge on any atom is -0.347 e. The van der Waals surface area contributed by atoms with E-state index in [2.05, 4.69) is 25.9 Å². The molecule has 2 aromatic heterocycles. The second kappa shape index (κ2) is 8.61. The van der Waals surface area contributed by atoms with Crippen molar-refractivity contribution >= 4 is 45.7 Å². The lowest BCUT2D eigenvalue weighted by atomic mass is 10.2. The molecule has 0 fully saturated rings. The maximum absolute atomic E-state index is 12.4. The van der Waals surface area contributed by atoms with Crippen molar-refractivity contribution in [2.45, 2.75) is 13.5 Å². The van der Waals surface area contributed by atoms with Gasteiger partial charge in [0.2, 0.25) is 0 Å². The number of nitrogens with one attached hydrogen (secondary N) is 3. The number of aromatic nitrogens is 2. The number of hydrogen-bond donors (Lipinski definition) is 3. The van der Waals surface area contributed by atoms with Gasteiger partial charge < -0.3 is 10.6 Å². The average Bonchev–Trinajstić information content (AvgIpc) is 3.02. The molecule has 0 atom stereocenters. The van der Waals surface area contributed by atoms with Crippen LogP contribution in [0.5, 0.6) is 0 Å². The van der Waals surface area contributed by atoms with Crippen LogP contribution in [0.25, 0.3) is 0 Å². The minimum absolute atomic E-state index is 0.243. The fourth-order valence-corrected chi connectivity index (χ4v) is 3.22. The van der Waals surface area contributed by atoms with Crippen molar-refractivity contribution < 1.29 is 9.59 Å². The molecule has 0 bridgehead atoms. The third kappa shape index (κ3) is 5.25. The lowest BCUT2D eigenvalue weighted by molar-refractivity contribution is 0.0954. The number of benzene rings is 1. The van der Waals surface area contributed by atoms with E-state index in [1.165, 1.54) is 0 Å². The lowest BCUT2D eigenvalue weighted by Gasteiger charge is -2.05. The fourth-order valence-electron chi connectivity index (χ4n) is 2.22. The molecular weight excluding hydrogens is 386 g/mol. The molecule has 3 rings (SSSR count). The Balaban J connectivity index is 1.59. The number of rotatable bonds is 5. The molecule has 0 saturated carbocycles. The topological polar surface area (TPSA) is 96.0 Å². The van der Waals surface area contributed by atoms with Crippen LogP contribution < -0.4 is 16.0 Å². The van der Waals surface area contributed by atoms with Crippen LogP contribution >= 0.6 is 22.9 Å². The summed E-state index contributed by atoms with van der Waals surface area (Å²) in [5.41, 5.74) is 2.09. The van der Waals surface area contributed by atoms with Gasteiger partial charge in [-0.05, 0) is 48.9 Å². The maximum Gasteiger partial charge on any atom is 0.325 e. The molecule has 9 heteroatoms. The fraction of sp³-hybridized carbons (Fsp3) is 0.111. The Hall–Kier alpha value is -2.97. The Labute approximate surface area is 164 Å². The molecular formula is C18H16ClN5O2S. The van der Waals surface area contributed by atoms with E-state index in [1.54, 1.807) is 43.6 Å². The van der Waals surface area contributed by atoms with Crippen LogP contribution in [0.2, 0.25) is 5.02 Å². The third-order valence-electron chi connectivity index (χ3n) is 3.53. The number of nitrogens with zero attached hydrogens (tertiary/aromatic N) is 2. The van der Waals surface area contributed by atoms with E-state index in [1.807, 2.05) is 12.1 Å². The van der Waals surface area contributed by atoms with Crippen LogP contribution in [0, 0.1) is 6.92 Å². The average molecular weight is 402 g/mol. The van der Waals surface area contributed by atoms with Gasteiger partial charge in [0.05, 0.1) is 5.69 Å². The molecule has 3 amide bonds. The SMILES string of the molecule is Cc1nc(NC(=O)Nc2ccc(Cl)cc2)sc1C(=O)NCc1ccncc1. The van der Waals surface area contributed by atoms with Gasteiger partial charge in [-0.2, -0.15) is 0 Å². The largest absolute Gasteiger partial charge is 0.347 e. The van der Waals surface area contributed by atoms with E-state index >= 15 is 0 Å². The summed E-state index contributed by atoms with van der Waals surface area (Å²) < 4.78 is 0. The van der Waals surface area contributed by atoms with Gasteiger partial charge in [0, 0.05) is 29.6 Å². The Morgan fingerprint density at radius 3 is 2.48 bits per heavy atom. The molecule has 0 aliphatic rings. The van der Waals surface area contributed by atoms with E-state index in [0.717, 1.165) is 16.9 Å². The zero-order valence-corrected chi connectivity index (χ0v) is 15.9. The smallest absolute Gasteiger partial charge is 0.325 e. The first-order chi connectivity index (χ1) is 13.0. The Kier molecular flexibility index (Phi) is 6.00.